The Hall–Kier alpha value is -2.36. The number of anilines is 1. The van der Waals surface area contributed by atoms with E-state index in [1.165, 1.54) is 17.4 Å². The first kappa shape index (κ1) is 11.7. The van der Waals surface area contributed by atoms with Crippen LogP contribution in [0.4, 0.5) is 5.69 Å². The highest BCUT2D eigenvalue weighted by Gasteiger charge is 2.15. The van der Waals surface area contributed by atoms with Gasteiger partial charge in [0.05, 0.1) is 16.8 Å². The second-order valence-corrected chi connectivity index (χ2v) is 4.81. The molecular formula is C15H15N3O. The predicted octanol–water partition coefficient (Wildman–Crippen LogP) is 3.40. The molecule has 0 spiro atoms. The molecule has 0 aliphatic carbocycles. The third-order valence-electron chi connectivity index (χ3n) is 3.21. The van der Waals surface area contributed by atoms with Crippen molar-refractivity contribution in [3.8, 4) is 11.3 Å². The van der Waals surface area contributed by atoms with Crippen LogP contribution in [0.1, 0.15) is 17.0 Å². The Morgan fingerprint density at radius 3 is 2.63 bits per heavy atom. The van der Waals surface area contributed by atoms with Crippen LogP contribution >= 0.6 is 0 Å². The van der Waals surface area contributed by atoms with Crippen molar-refractivity contribution in [3.63, 3.8) is 0 Å². The minimum absolute atomic E-state index is 0.542. The molecule has 4 heteroatoms. The van der Waals surface area contributed by atoms with E-state index >= 15 is 0 Å². The summed E-state index contributed by atoms with van der Waals surface area (Å²) < 4.78 is 5.38. The molecule has 0 saturated heterocycles. The van der Waals surface area contributed by atoms with Crippen molar-refractivity contribution in [2.45, 2.75) is 20.8 Å². The van der Waals surface area contributed by atoms with Crippen LogP contribution in [0.3, 0.4) is 0 Å². The largest absolute Gasteiger partial charge is 0.444 e. The molecule has 0 radical (unpaired) electrons. The average Bonchev–Trinajstić information content (AvgIpc) is 2.70. The van der Waals surface area contributed by atoms with Gasteiger partial charge in [0.25, 0.3) is 0 Å². The molecule has 0 aliphatic rings. The molecule has 4 nitrogen and oxygen atoms in total. The zero-order chi connectivity index (χ0) is 13.6. The molecular weight excluding hydrogens is 238 g/mol. The Morgan fingerprint density at radius 2 is 1.89 bits per heavy atom. The molecule has 2 aromatic heterocycles. The smallest absolute Gasteiger partial charge is 0.232 e. The van der Waals surface area contributed by atoms with E-state index in [4.69, 9.17) is 10.2 Å². The zero-order valence-corrected chi connectivity index (χ0v) is 11.2. The van der Waals surface area contributed by atoms with Gasteiger partial charge in [-0.05, 0) is 26.3 Å². The van der Waals surface area contributed by atoms with Gasteiger partial charge in [0.15, 0.2) is 0 Å². The fourth-order valence-corrected chi connectivity index (χ4v) is 2.34. The maximum Gasteiger partial charge on any atom is 0.232 e. The Bertz CT molecular complexity index is 774. The number of nitrogen functional groups attached to an aromatic ring is 1. The summed E-state index contributed by atoms with van der Waals surface area (Å²) in [6.45, 7) is 6.00. The first-order valence-electron chi connectivity index (χ1n) is 6.15. The second-order valence-electron chi connectivity index (χ2n) is 4.81. The van der Waals surface area contributed by atoms with E-state index in [-0.39, 0.29) is 0 Å². The number of nitrogens with zero attached hydrogens (tertiary/aromatic N) is 2. The number of aromatic nitrogens is 2. The molecule has 0 bridgehead atoms. The molecule has 0 atom stereocenters. The Balaban J connectivity index is 2.38. The molecule has 0 aliphatic heterocycles. The monoisotopic (exact) mass is 253 g/mol. The normalized spacial score (nSPS) is 11.1. The summed E-state index contributed by atoms with van der Waals surface area (Å²) in [5.41, 5.74) is 11.4. The van der Waals surface area contributed by atoms with E-state index in [2.05, 4.69) is 42.0 Å². The molecule has 2 heterocycles. The summed E-state index contributed by atoms with van der Waals surface area (Å²) in [5, 5.41) is 0.789. The van der Waals surface area contributed by atoms with Crippen LogP contribution in [-0.4, -0.2) is 9.97 Å². The van der Waals surface area contributed by atoms with E-state index in [1.807, 2.05) is 6.92 Å². The van der Waals surface area contributed by atoms with Crippen LogP contribution < -0.4 is 5.73 Å². The third-order valence-corrected chi connectivity index (χ3v) is 3.21. The molecule has 2 N–H and O–H groups in total. The van der Waals surface area contributed by atoms with Crippen molar-refractivity contribution in [1.82, 2.24) is 9.97 Å². The lowest BCUT2D eigenvalue weighted by molar-refractivity contribution is 0.602. The van der Waals surface area contributed by atoms with Gasteiger partial charge in [-0.15, -0.1) is 0 Å². The Morgan fingerprint density at radius 1 is 1.11 bits per heavy atom. The summed E-state index contributed by atoms with van der Waals surface area (Å²) in [4.78, 5) is 8.82. The van der Waals surface area contributed by atoms with Crippen molar-refractivity contribution in [1.29, 1.82) is 0 Å². The summed E-state index contributed by atoms with van der Waals surface area (Å²) in [7, 11) is 0. The van der Waals surface area contributed by atoms with E-state index in [0.29, 0.717) is 17.2 Å². The van der Waals surface area contributed by atoms with Crippen LogP contribution in [-0.2, 0) is 0 Å². The maximum atomic E-state index is 5.97. The van der Waals surface area contributed by atoms with Crippen molar-refractivity contribution < 1.29 is 4.42 Å². The van der Waals surface area contributed by atoms with Crippen LogP contribution in [0.5, 0.6) is 0 Å². The van der Waals surface area contributed by atoms with Crippen molar-refractivity contribution >= 4 is 16.8 Å². The number of aryl methyl sites for hydroxylation is 3. The molecule has 0 saturated carbocycles. The van der Waals surface area contributed by atoms with Gasteiger partial charge >= 0.3 is 0 Å². The van der Waals surface area contributed by atoms with Gasteiger partial charge in [-0.3, -0.25) is 0 Å². The average molecular weight is 253 g/mol. The molecule has 0 fully saturated rings. The van der Waals surface area contributed by atoms with Crippen molar-refractivity contribution in [2.24, 2.45) is 0 Å². The fourth-order valence-electron chi connectivity index (χ4n) is 2.34. The quantitative estimate of drug-likeness (QED) is 0.721. The van der Waals surface area contributed by atoms with Crippen LogP contribution in [0.15, 0.2) is 28.9 Å². The van der Waals surface area contributed by atoms with Gasteiger partial charge in [0.2, 0.25) is 5.71 Å². The molecule has 96 valence electrons. The first-order chi connectivity index (χ1) is 9.06. The summed E-state index contributed by atoms with van der Waals surface area (Å²) in [6.07, 6.45) is 1.52. The number of benzene rings is 1. The summed E-state index contributed by atoms with van der Waals surface area (Å²) in [5.74, 6) is 0.678. The number of rotatable bonds is 1. The van der Waals surface area contributed by atoms with Gasteiger partial charge in [0.1, 0.15) is 12.1 Å². The molecule has 1 aromatic carbocycles. The van der Waals surface area contributed by atoms with Gasteiger partial charge < -0.3 is 10.2 Å². The lowest BCUT2D eigenvalue weighted by Gasteiger charge is -2.08. The second kappa shape index (κ2) is 4.09. The minimum Gasteiger partial charge on any atom is -0.444 e. The fraction of sp³-hybridized carbons (Fsp3) is 0.200. The highest BCUT2D eigenvalue weighted by molar-refractivity contribution is 5.99. The molecule has 0 unspecified atom stereocenters. The number of hydrogen-bond acceptors (Lipinski definition) is 4. The van der Waals surface area contributed by atoms with Crippen LogP contribution in [0, 0.1) is 20.8 Å². The highest BCUT2D eigenvalue weighted by Crippen LogP contribution is 2.33. The predicted molar refractivity (Wildman–Crippen MR) is 75.9 cm³/mol. The van der Waals surface area contributed by atoms with Gasteiger partial charge in [-0.2, -0.15) is 4.98 Å². The summed E-state index contributed by atoms with van der Waals surface area (Å²) >= 11 is 0. The standard InChI is InChI=1S/C15H15N3O/c1-8-4-5-11(9(2)6-8)14-13-12(16)7-19-15(13)18-10(3)17-14/h4-7H,16H2,1-3H3. The third kappa shape index (κ3) is 1.85. The summed E-state index contributed by atoms with van der Waals surface area (Å²) in [6, 6.07) is 6.27. The molecule has 19 heavy (non-hydrogen) atoms. The van der Waals surface area contributed by atoms with Gasteiger partial charge in [0, 0.05) is 5.56 Å². The molecule has 0 amide bonds. The van der Waals surface area contributed by atoms with Gasteiger partial charge in [-0.1, -0.05) is 23.8 Å². The molecule has 3 rings (SSSR count). The van der Waals surface area contributed by atoms with Crippen LogP contribution in [0.2, 0.25) is 0 Å². The Labute approximate surface area is 111 Å². The lowest BCUT2D eigenvalue weighted by Crippen LogP contribution is -1.96. The van der Waals surface area contributed by atoms with E-state index in [1.54, 1.807) is 0 Å². The topological polar surface area (TPSA) is 64.9 Å². The van der Waals surface area contributed by atoms with E-state index in [9.17, 15) is 0 Å². The first-order valence-corrected chi connectivity index (χ1v) is 6.15. The number of furan rings is 1. The van der Waals surface area contributed by atoms with E-state index in [0.717, 1.165) is 16.6 Å². The van der Waals surface area contributed by atoms with E-state index < -0.39 is 0 Å². The number of hydrogen-bond donors (Lipinski definition) is 1. The van der Waals surface area contributed by atoms with Crippen molar-refractivity contribution in [2.75, 3.05) is 5.73 Å². The minimum atomic E-state index is 0.542. The van der Waals surface area contributed by atoms with Crippen LogP contribution in [0.25, 0.3) is 22.4 Å². The van der Waals surface area contributed by atoms with Crippen molar-refractivity contribution in [3.05, 3.63) is 41.4 Å². The highest BCUT2D eigenvalue weighted by atomic mass is 16.3. The lowest BCUT2D eigenvalue weighted by atomic mass is 10.0. The van der Waals surface area contributed by atoms with Gasteiger partial charge in [-0.25, -0.2) is 4.98 Å². The maximum absolute atomic E-state index is 5.97. The SMILES string of the molecule is Cc1ccc(-c2nc(C)nc3occ(N)c23)c(C)c1. The Kier molecular flexibility index (Phi) is 2.52. The number of nitrogens with two attached hydrogens (primary N) is 1. The zero-order valence-electron chi connectivity index (χ0n) is 11.2. The number of fused-ring (bicyclic) bond motifs is 1. The molecule has 3 aromatic rings.